The van der Waals surface area contributed by atoms with Crippen LogP contribution in [0.5, 0.6) is 0 Å². The molecule has 10 nitrogen and oxygen atoms in total. The molecule has 7 rings (SSSR count). The molecule has 5 atom stereocenters. The number of carbonyl (C=O) groups is 2. The SMILES string of the molecule is CCN(CC)[C@@H](C(=O)N1C[C@@H](F)C[C@H]1c1ncc(-c2ccc(-c3ccc(-c4cnc([C@@H]5C[C@H](F)CN5C(=O)OC(C)(C)C)[nH]4)cc3)cc2)[nH]1)c1ccccc1. The van der Waals surface area contributed by atoms with Gasteiger partial charge < -0.3 is 19.6 Å². The Kier molecular flexibility index (Phi) is 10.9. The number of aromatic amines is 2. The quantitative estimate of drug-likeness (QED) is 0.148. The lowest BCUT2D eigenvalue weighted by Gasteiger charge is -2.34. The van der Waals surface area contributed by atoms with Crippen molar-refractivity contribution in [1.29, 1.82) is 0 Å². The molecular weight excluding hydrogens is 701 g/mol. The second-order valence-electron chi connectivity index (χ2n) is 15.4. The van der Waals surface area contributed by atoms with Gasteiger partial charge in [-0.1, -0.05) is 92.7 Å². The van der Waals surface area contributed by atoms with E-state index in [1.54, 1.807) is 38.1 Å². The highest BCUT2D eigenvalue weighted by molar-refractivity contribution is 5.84. The molecule has 2 aliphatic rings. The summed E-state index contributed by atoms with van der Waals surface area (Å²) in [4.78, 5) is 48.0. The van der Waals surface area contributed by atoms with Gasteiger partial charge in [0.05, 0.1) is 49.0 Å². The zero-order chi connectivity index (χ0) is 38.9. The molecule has 2 saturated heterocycles. The maximum Gasteiger partial charge on any atom is 0.411 e. The number of carbonyl (C=O) groups excluding carboxylic acids is 2. The smallest absolute Gasteiger partial charge is 0.411 e. The van der Waals surface area contributed by atoms with E-state index in [2.05, 4.69) is 24.8 Å². The molecule has 0 radical (unpaired) electrons. The van der Waals surface area contributed by atoms with Crippen LogP contribution in [0.15, 0.2) is 91.3 Å². The average molecular weight is 750 g/mol. The predicted octanol–water partition coefficient (Wildman–Crippen LogP) is 8.85. The van der Waals surface area contributed by atoms with Crippen molar-refractivity contribution in [2.75, 3.05) is 26.2 Å². The number of ether oxygens (including phenoxy) is 1. The molecule has 5 aromatic rings. The van der Waals surface area contributed by atoms with Crippen molar-refractivity contribution >= 4 is 12.0 Å². The first kappa shape index (κ1) is 37.9. The number of H-pyrrole nitrogens is 2. The van der Waals surface area contributed by atoms with E-state index in [-0.39, 0.29) is 31.8 Å². The summed E-state index contributed by atoms with van der Waals surface area (Å²) in [5.41, 5.74) is 5.63. The van der Waals surface area contributed by atoms with Gasteiger partial charge in [-0.25, -0.2) is 23.5 Å². The Morgan fingerprint density at radius 1 is 0.745 bits per heavy atom. The van der Waals surface area contributed by atoms with Crippen molar-refractivity contribution in [2.24, 2.45) is 0 Å². The molecule has 2 aromatic heterocycles. The van der Waals surface area contributed by atoms with Crippen molar-refractivity contribution in [3.8, 4) is 33.6 Å². The number of hydrogen-bond donors (Lipinski definition) is 2. The second kappa shape index (κ2) is 15.8. The number of likely N-dealkylation sites (tertiary alicyclic amines) is 2. The first-order valence-corrected chi connectivity index (χ1v) is 19.1. The van der Waals surface area contributed by atoms with Crippen LogP contribution in [-0.4, -0.2) is 90.8 Å². The summed E-state index contributed by atoms with van der Waals surface area (Å²) in [7, 11) is 0. The van der Waals surface area contributed by atoms with Crippen molar-refractivity contribution in [3.05, 3.63) is 108 Å². The lowest BCUT2D eigenvalue weighted by Crippen LogP contribution is -2.43. The Morgan fingerprint density at radius 3 is 1.67 bits per heavy atom. The molecular formula is C43H49F2N7O3. The maximum absolute atomic E-state index is 15.0. The van der Waals surface area contributed by atoms with Gasteiger partial charge in [-0.15, -0.1) is 0 Å². The van der Waals surface area contributed by atoms with Gasteiger partial charge in [0.25, 0.3) is 0 Å². The number of hydrogen-bond acceptors (Lipinski definition) is 6. The molecule has 55 heavy (non-hydrogen) atoms. The number of benzene rings is 3. The first-order valence-electron chi connectivity index (χ1n) is 19.1. The minimum atomic E-state index is -1.15. The van der Waals surface area contributed by atoms with Gasteiger partial charge in [0.1, 0.15) is 35.6 Å². The monoisotopic (exact) mass is 749 g/mol. The van der Waals surface area contributed by atoms with E-state index in [0.29, 0.717) is 24.7 Å². The predicted molar refractivity (Wildman–Crippen MR) is 208 cm³/mol. The number of nitrogens with one attached hydrogen (secondary N) is 2. The molecule has 0 bridgehead atoms. The fourth-order valence-electron chi connectivity index (χ4n) is 7.73. The average Bonchev–Trinajstić information content (AvgIpc) is 4.00. The van der Waals surface area contributed by atoms with Crippen molar-refractivity contribution in [2.45, 2.75) is 83.5 Å². The van der Waals surface area contributed by atoms with Gasteiger partial charge in [-0.2, -0.15) is 0 Å². The van der Waals surface area contributed by atoms with E-state index in [1.165, 1.54) is 4.90 Å². The van der Waals surface area contributed by atoms with E-state index in [0.717, 1.165) is 39.2 Å². The second-order valence-corrected chi connectivity index (χ2v) is 15.4. The van der Waals surface area contributed by atoms with Crippen LogP contribution in [0.2, 0.25) is 0 Å². The van der Waals surface area contributed by atoms with Gasteiger partial charge in [0.15, 0.2) is 0 Å². The van der Waals surface area contributed by atoms with Gasteiger partial charge in [-0.05, 0) is 61.7 Å². The van der Waals surface area contributed by atoms with E-state index in [1.807, 2.05) is 92.7 Å². The Hall–Kier alpha value is -5.36. The third kappa shape index (κ3) is 8.19. The summed E-state index contributed by atoms with van der Waals surface area (Å²) in [6.07, 6.45) is 0.960. The number of imidazole rings is 2. The van der Waals surface area contributed by atoms with Crippen LogP contribution >= 0.6 is 0 Å². The summed E-state index contributed by atoms with van der Waals surface area (Å²) in [6, 6.07) is 24.3. The third-order valence-corrected chi connectivity index (χ3v) is 10.5. The fraction of sp³-hybridized carbons (Fsp3) is 0.395. The normalized spacial score (nSPS) is 20.7. The van der Waals surface area contributed by atoms with E-state index >= 15 is 4.39 Å². The van der Waals surface area contributed by atoms with E-state index < -0.39 is 42.2 Å². The van der Waals surface area contributed by atoms with Gasteiger partial charge >= 0.3 is 6.09 Å². The number of amides is 2. The molecule has 0 spiro atoms. The molecule has 3 aromatic carbocycles. The van der Waals surface area contributed by atoms with Crippen LogP contribution in [0, 0.1) is 0 Å². The summed E-state index contributed by atoms with van der Waals surface area (Å²) < 4.78 is 35.0. The zero-order valence-electron chi connectivity index (χ0n) is 32.0. The van der Waals surface area contributed by atoms with Gasteiger partial charge in [0, 0.05) is 12.8 Å². The largest absolute Gasteiger partial charge is 0.444 e. The highest BCUT2D eigenvalue weighted by Crippen LogP contribution is 2.38. The van der Waals surface area contributed by atoms with Gasteiger partial charge in [-0.3, -0.25) is 14.6 Å². The number of nitrogens with zero attached hydrogens (tertiary/aromatic N) is 5. The Morgan fingerprint density at radius 2 is 1.20 bits per heavy atom. The van der Waals surface area contributed by atoms with Crippen LogP contribution < -0.4 is 0 Å². The van der Waals surface area contributed by atoms with Crippen LogP contribution in [0.1, 0.15) is 82.8 Å². The summed E-state index contributed by atoms with van der Waals surface area (Å²) >= 11 is 0. The van der Waals surface area contributed by atoms with Crippen molar-refractivity contribution < 1.29 is 23.1 Å². The summed E-state index contributed by atoms with van der Waals surface area (Å²) in [6.45, 7) is 10.8. The standard InChI is InChI=1S/C43H49F2N7O3/c1-6-50(7-2)38(31-11-9-8-10-12-31)41(53)51-25-32(44)21-36(51)39-46-23-34(48-39)29-17-13-27(14-18-29)28-15-19-30(20-16-28)35-24-47-40(49-35)37-22-33(45)26-52(37)42(54)55-43(3,4)5/h8-20,23-24,32-33,36-38H,6-7,21-22,25-26H2,1-5H3,(H,46,48)(H,47,49)/t32-,33-,36-,37-,38+/m0/s1. The first-order chi connectivity index (χ1) is 26.4. The molecule has 0 saturated carbocycles. The zero-order valence-corrected chi connectivity index (χ0v) is 32.0. The topological polar surface area (TPSA) is 110 Å². The Bertz CT molecular complexity index is 2070. The minimum Gasteiger partial charge on any atom is -0.444 e. The molecule has 2 N–H and O–H groups in total. The molecule has 4 heterocycles. The van der Waals surface area contributed by atoms with E-state index in [9.17, 15) is 14.0 Å². The Labute approximate surface area is 320 Å². The van der Waals surface area contributed by atoms with Crippen LogP contribution in [0.25, 0.3) is 33.6 Å². The molecule has 0 aliphatic carbocycles. The third-order valence-electron chi connectivity index (χ3n) is 10.5. The summed E-state index contributed by atoms with van der Waals surface area (Å²) in [5, 5.41) is 0. The fourth-order valence-corrected chi connectivity index (χ4v) is 7.73. The lowest BCUT2D eigenvalue weighted by atomic mass is 10.0. The van der Waals surface area contributed by atoms with Crippen LogP contribution in [-0.2, 0) is 9.53 Å². The highest BCUT2D eigenvalue weighted by Gasteiger charge is 2.42. The molecule has 2 fully saturated rings. The molecule has 2 amide bonds. The van der Waals surface area contributed by atoms with Gasteiger partial charge in [0.2, 0.25) is 5.91 Å². The summed E-state index contributed by atoms with van der Waals surface area (Å²) in [5.74, 6) is 0.983. The molecule has 0 unspecified atom stereocenters. The Balaban J connectivity index is 1.03. The lowest BCUT2D eigenvalue weighted by molar-refractivity contribution is -0.138. The molecule has 2 aliphatic heterocycles. The number of aromatic nitrogens is 4. The van der Waals surface area contributed by atoms with Crippen LogP contribution in [0.3, 0.4) is 0 Å². The van der Waals surface area contributed by atoms with Crippen molar-refractivity contribution in [1.82, 2.24) is 34.6 Å². The molecule has 288 valence electrons. The highest BCUT2D eigenvalue weighted by atomic mass is 19.1. The number of likely N-dealkylation sites (N-methyl/N-ethyl adjacent to an activating group) is 1. The minimum absolute atomic E-state index is 0.0306. The molecule has 12 heteroatoms. The van der Waals surface area contributed by atoms with Crippen LogP contribution in [0.4, 0.5) is 13.6 Å². The maximum atomic E-state index is 15.0. The number of halogens is 2. The number of rotatable bonds is 10. The van der Waals surface area contributed by atoms with Crippen molar-refractivity contribution in [3.63, 3.8) is 0 Å². The van der Waals surface area contributed by atoms with E-state index in [4.69, 9.17) is 4.74 Å². The number of alkyl halides is 2.